The van der Waals surface area contributed by atoms with Gasteiger partial charge < -0.3 is 10.4 Å². The zero-order chi connectivity index (χ0) is 23.1. The van der Waals surface area contributed by atoms with Crippen LogP contribution in [0, 0.1) is 27.2 Å². The number of aliphatic imine (C=N–C) groups is 2. The molecule has 6 atom stereocenters. The zero-order valence-corrected chi connectivity index (χ0v) is 18.5. The second kappa shape index (κ2) is 8.47. The van der Waals surface area contributed by atoms with E-state index in [1.807, 2.05) is 12.4 Å². The van der Waals surface area contributed by atoms with Crippen molar-refractivity contribution in [1.82, 2.24) is 0 Å². The number of rotatable bonds is 6. The molecule has 0 saturated heterocycles. The van der Waals surface area contributed by atoms with Gasteiger partial charge in [0, 0.05) is 36.7 Å². The van der Waals surface area contributed by atoms with Gasteiger partial charge in [-0.15, -0.1) is 0 Å². The molecule has 0 spiro atoms. The van der Waals surface area contributed by atoms with Crippen molar-refractivity contribution in [3.05, 3.63) is 70.1 Å². The summed E-state index contributed by atoms with van der Waals surface area (Å²) in [5.74, 6) is 0.415. The van der Waals surface area contributed by atoms with E-state index in [-0.39, 0.29) is 34.3 Å². The number of nitrogens with zero attached hydrogens (tertiary/aromatic N) is 2. The van der Waals surface area contributed by atoms with E-state index in [1.165, 1.54) is 0 Å². The van der Waals surface area contributed by atoms with Gasteiger partial charge in [0.1, 0.15) is 0 Å². The van der Waals surface area contributed by atoms with Gasteiger partial charge in [0.05, 0.1) is 12.1 Å². The summed E-state index contributed by atoms with van der Waals surface area (Å²) in [5.41, 5.74) is 2.36. The van der Waals surface area contributed by atoms with E-state index in [4.69, 9.17) is 20.4 Å². The topological polar surface area (TPSA) is 120 Å². The number of hydrogen-bond donors (Lipinski definition) is 4. The molecular formula is C24H30N4O4. The van der Waals surface area contributed by atoms with Crippen LogP contribution in [0.4, 0.5) is 11.4 Å². The van der Waals surface area contributed by atoms with Crippen LogP contribution < -0.4 is 10.5 Å². The minimum absolute atomic E-state index is 0.0182. The highest BCUT2D eigenvalue weighted by Crippen LogP contribution is 2.67. The first-order valence-electron chi connectivity index (χ1n) is 10.9. The Bertz CT molecular complexity index is 1000. The Hall–Kier alpha value is -2.46. The van der Waals surface area contributed by atoms with Crippen LogP contribution in [0.25, 0.3) is 0 Å². The van der Waals surface area contributed by atoms with Crippen LogP contribution in [-0.4, -0.2) is 34.9 Å². The average Bonchev–Trinajstić information content (AvgIpc) is 3.09. The van der Waals surface area contributed by atoms with Gasteiger partial charge in [-0.05, 0) is 65.0 Å². The minimum Gasteiger partial charge on any atom is -0.595 e. The Morgan fingerprint density at radius 1 is 0.844 bits per heavy atom. The minimum atomic E-state index is -0.943. The van der Waals surface area contributed by atoms with Crippen LogP contribution in [0.3, 0.4) is 0 Å². The second-order valence-electron chi connectivity index (χ2n) is 9.63. The highest BCUT2D eigenvalue weighted by molar-refractivity contribution is 5.81. The van der Waals surface area contributed by atoms with E-state index in [1.54, 1.807) is 48.5 Å². The largest absolute Gasteiger partial charge is 0.595 e. The molecule has 2 fully saturated rings. The SMILES string of the molecule is CC1(C)[C@H]2CC[C@]1(C)[C@H](N=Cc1ccc([NH+]([O-])O)cc1)[C@@H]2N=Cc1ccc([NH+]([O-])O)cc1. The number of hydrogen-bond acceptors (Lipinski definition) is 6. The Balaban J connectivity index is 1.59. The van der Waals surface area contributed by atoms with Crippen LogP contribution >= 0.6 is 0 Å². The number of nitrogens with one attached hydrogen (secondary N) is 2. The third-order valence-electron chi connectivity index (χ3n) is 7.86. The maximum atomic E-state index is 11.1. The summed E-state index contributed by atoms with van der Waals surface area (Å²) in [6.07, 6.45) is 5.88. The van der Waals surface area contributed by atoms with Gasteiger partial charge in [0.2, 0.25) is 0 Å². The smallest absolute Gasteiger partial charge is 0.163 e. The van der Waals surface area contributed by atoms with Gasteiger partial charge in [0.15, 0.2) is 11.4 Å². The summed E-state index contributed by atoms with van der Waals surface area (Å²) in [6.45, 7) is 6.93. The van der Waals surface area contributed by atoms with Gasteiger partial charge >= 0.3 is 0 Å². The second-order valence-corrected chi connectivity index (χ2v) is 9.63. The van der Waals surface area contributed by atoms with E-state index in [2.05, 4.69) is 20.8 Å². The fourth-order valence-corrected chi connectivity index (χ4v) is 5.49. The molecule has 2 aliphatic rings. The van der Waals surface area contributed by atoms with Gasteiger partial charge in [-0.2, -0.15) is 10.5 Å². The standard InChI is InChI=1S/C24H30N4O4/c1-23(2)20-12-13-24(23,3)22(26-15-17-6-10-19(11-7-17)28(31)32)21(20)25-14-16-4-8-18(9-5-16)27(29)30/h4-11,14-15,20-22,27-29,31H,12-13H2,1-3H3/t20-,21+,22+,24+/m0/s1. The molecule has 4 N–H and O–H groups in total. The summed E-state index contributed by atoms with van der Waals surface area (Å²) < 4.78 is 0. The lowest BCUT2D eigenvalue weighted by Gasteiger charge is -2.37. The van der Waals surface area contributed by atoms with Gasteiger partial charge in [-0.25, -0.2) is 10.4 Å². The van der Waals surface area contributed by atoms with Crippen molar-refractivity contribution in [1.29, 1.82) is 0 Å². The number of benzene rings is 2. The maximum absolute atomic E-state index is 11.1. The lowest BCUT2D eigenvalue weighted by atomic mass is 9.69. The average molecular weight is 439 g/mol. The summed E-state index contributed by atoms with van der Waals surface area (Å²) in [4.78, 5) is 9.94. The van der Waals surface area contributed by atoms with E-state index < -0.39 is 10.5 Å². The lowest BCUT2D eigenvalue weighted by molar-refractivity contribution is -0.991. The van der Waals surface area contributed by atoms with Crippen molar-refractivity contribution in [2.24, 2.45) is 26.7 Å². The van der Waals surface area contributed by atoms with E-state index in [0.29, 0.717) is 5.92 Å². The molecule has 4 rings (SSSR count). The van der Waals surface area contributed by atoms with Crippen molar-refractivity contribution < 1.29 is 20.9 Å². The molecule has 2 aromatic carbocycles. The third-order valence-corrected chi connectivity index (χ3v) is 7.86. The summed E-state index contributed by atoms with van der Waals surface area (Å²) >= 11 is 0. The number of quaternary nitrogens is 2. The van der Waals surface area contributed by atoms with Crippen LogP contribution in [0.5, 0.6) is 0 Å². The quantitative estimate of drug-likeness (QED) is 0.408. The monoisotopic (exact) mass is 438 g/mol. The highest BCUT2D eigenvalue weighted by Gasteiger charge is 2.66. The molecule has 0 aromatic heterocycles. The van der Waals surface area contributed by atoms with Crippen LogP contribution in [-0.2, 0) is 0 Å². The molecule has 32 heavy (non-hydrogen) atoms. The predicted molar refractivity (Wildman–Crippen MR) is 122 cm³/mol. The normalized spacial score (nSPS) is 30.9. The first kappa shape index (κ1) is 22.7. The molecule has 8 nitrogen and oxygen atoms in total. The van der Waals surface area contributed by atoms with Crippen LogP contribution in [0.1, 0.15) is 44.7 Å². The molecule has 8 heteroatoms. The molecule has 0 aliphatic heterocycles. The Morgan fingerprint density at radius 3 is 1.78 bits per heavy atom. The molecule has 2 aliphatic carbocycles. The van der Waals surface area contributed by atoms with Crippen molar-refractivity contribution in [2.75, 3.05) is 0 Å². The molecular weight excluding hydrogens is 408 g/mol. The van der Waals surface area contributed by atoms with Gasteiger partial charge in [0.25, 0.3) is 0 Å². The Morgan fingerprint density at radius 2 is 1.31 bits per heavy atom. The van der Waals surface area contributed by atoms with Crippen molar-refractivity contribution in [2.45, 2.75) is 45.7 Å². The van der Waals surface area contributed by atoms with Crippen molar-refractivity contribution in [3.63, 3.8) is 0 Å². The Labute approximate surface area is 187 Å². The highest BCUT2D eigenvalue weighted by atomic mass is 16.8. The fraction of sp³-hybridized carbons (Fsp3) is 0.417. The maximum Gasteiger partial charge on any atom is 0.163 e. The van der Waals surface area contributed by atoms with Crippen LogP contribution in [0.15, 0.2) is 58.5 Å². The predicted octanol–water partition coefficient (Wildman–Crippen LogP) is 2.22. The molecule has 0 amide bonds. The van der Waals surface area contributed by atoms with E-state index in [0.717, 1.165) is 24.0 Å². The molecule has 0 heterocycles. The zero-order valence-electron chi connectivity index (χ0n) is 18.5. The third kappa shape index (κ3) is 3.90. The fourth-order valence-electron chi connectivity index (χ4n) is 5.49. The van der Waals surface area contributed by atoms with Gasteiger partial charge in [-0.3, -0.25) is 9.98 Å². The molecule has 2 saturated carbocycles. The molecule has 2 unspecified atom stereocenters. The summed E-state index contributed by atoms with van der Waals surface area (Å²) in [6, 6.07) is 13.5. The van der Waals surface area contributed by atoms with Crippen LogP contribution in [0.2, 0.25) is 0 Å². The van der Waals surface area contributed by atoms with E-state index >= 15 is 0 Å². The summed E-state index contributed by atoms with van der Waals surface area (Å²) in [5, 5.41) is 38.5. The number of fused-ring (bicyclic) bond motifs is 2. The van der Waals surface area contributed by atoms with Gasteiger partial charge in [-0.1, -0.05) is 20.8 Å². The first-order chi connectivity index (χ1) is 15.1. The van der Waals surface area contributed by atoms with Crippen molar-refractivity contribution >= 4 is 23.8 Å². The molecule has 0 radical (unpaired) electrons. The molecule has 2 bridgehead atoms. The molecule has 2 aromatic rings. The lowest BCUT2D eigenvalue weighted by Crippen LogP contribution is -2.99. The Kier molecular flexibility index (Phi) is 6.02. The molecule has 170 valence electrons. The summed E-state index contributed by atoms with van der Waals surface area (Å²) in [7, 11) is 0. The first-order valence-corrected chi connectivity index (χ1v) is 10.9. The van der Waals surface area contributed by atoms with Crippen molar-refractivity contribution in [3.8, 4) is 0 Å². The van der Waals surface area contributed by atoms with E-state index in [9.17, 15) is 10.4 Å².